The maximum Gasteiger partial charge on any atom is 0.337 e. The number of carbonyl (C=O) groups is 2. The van der Waals surface area contributed by atoms with Gasteiger partial charge < -0.3 is 29.2 Å². The topological polar surface area (TPSA) is 112 Å². The standard InChI is InChI=1S/C46H44O8/c1-51-43(47)35-17-5-31(6-18-35)13-25-39-29-41(27-15-33-9-21-37(22-10-33)45(49)53-3)42(28-16-34-11-23-38(24-12-34)46(50)54-4)30-40(39)26-14-32-7-19-36(20-8-32)44(48)52-2/h5-11,13-30,34,43-44,47-48H,12H2,1-4H3/b25-13+,26-14+,27-15+,28-16+. The van der Waals surface area contributed by atoms with Gasteiger partial charge in [0.05, 0.1) is 25.4 Å². The van der Waals surface area contributed by atoms with Crippen molar-refractivity contribution in [2.24, 2.45) is 5.92 Å². The molecule has 5 rings (SSSR count). The molecular formula is C46H44O8. The Kier molecular flexibility index (Phi) is 14.0. The Labute approximate surface area is 316 Å². The molecule has 0 saturated carbocycles. The van der Waals surface area contributed by atoms with E-state index in [0.29, 0.717) is 28.7 Å². The van der Waals surface area contributed by atoms with Gasteiger partial charge in [-0.1, -0.05) is 127 Å². The van der Waals surface area contributed by atoms with Crippen LogP contribution in [0.3, 0.4) is 0 Å². The average Bonchev–Trinajstić information content (AvgIpc) is 3.23. The van der Waals surface area contributed by atoms with Crippen molar-refractivity contribution in [2.75, 3.05) is 28.4 Å². The van der Waals surface area contributed by atoms with Crippen LogP contribution in [0.5, 0.6) is 0 Å². The molecule has 3 atom stereocenters. The molecule has 1 aliphatic rings. The minimum Gasteiger partial charge on any atom is -0.465 e. The lowest BCUT2D eigenvalue weighted by Crippen LogP contribution is -2.06. The van der Waals surface area contributed by atoms with Crippen molar-refractivity contribution in [3.8, 4) is 0 Å². The zero-order valence-corrected chi connectivity index (χ0v) is 30.7. The lowest BCUT2D eigenvalue weighted by molar-refractivity contribution is -0.135. The third-order valence-corrected chi connectivity index (χ3v) is 8.95. The number of rotatable bonds is 14. The predicted molar refractivity (Wildman–Crippen MR) is 214 cm³/mol. The quantitative estimate of drug-likeness (QED) is 0.0754. The van der Waals surface area contributed by atoms with Crippen LogP contribution in [0.15, 0.2) is 115 Å². The molecule has 0 spiro atoms. The van der Waals surface area contributed by atoms with Crippen LogP contribution < -0.4 is 0 Å². The van der Waals surface area contributed by atoms with Gasteiger partial charge in [-0.25, -0.2) is 9.59 Å². The molecule has 0 heterocycles. The first kappa shape index (κ1) is 39.3. The van der Waals surface area contributed by atoms with Gasteiger partial charge in [-0.3, -0.25) is 0 Å². The summed E-state index contributed by atoms with van der Waals surface area (Å²) in [5.41, 5.74) is 9.00. The minimum atomic E-state index is -0.992. The van der Waals surface area contributed by atoms with E-state index in [-0.39, 0.29) is 11.9 Å². The summed E-state index contributed by atoms with van der Waals surface area (Å²) in [7, 11) is 5.65. The molecule has 2 N–H and O–H groups in total. The summed E-state index contributed by atoms with van der Waals surface area (Å²) in [4.78, 5) is 24.0. The van der Waals surface area contributed by atoms with E-state index in [0.717, 1.165) is 38.9 Å². The molecule has 54 heavy (non-hydrogen) atoms. The fourth-order valence-corrected chi connectivity index (χ4v) is 5.74. The van der Waals surface area contributed by atoms with Crippen molar-refractivity contribution < 1.29 is 38.7 Å². The van der Waals surface area contributed by atoms with E-state index < -0.39 is 18.5 Å². The van der Waals surface area contributed by atoms with Crippen LogP contribution in [0.25, 0.3) is 42.5 Å². The summed E-state index contributed by atoms with van der Waals surface area (Å²) in [6, 6.07) is 26.5. The normalized spacial score (nSPS) is 15.6. The Bertz CT molecular complexity index is 2080. The Balaban J connectivity index is 1.56. The second kappa shape index (κ2) is 19.3. The summed E-state index contributed by atoms with van der Waals surface area (Å²) in [5, 5.41) is 20.1. The van der Waals surface area contributed by atoms with Gasteiger partial charge in [-0.2, -0.15) is 0 Å². The number of hydrogen-bond donors (Lipinski definition) is 2. The molecule has 0 amide bonds. The molecule has 3 unspecified atom stereocenters. The monoisotopic (exact) mass is 724 g/mol. The van der Waals surface area contributed by atoms with Gasteiger partial charge in [0.1, 0.15) is 0 Å². The number of ether oxygens (including phenoxy) is 4. The van der Waals surface area contributed by atoms with Gasteiger partial charge >= 0.3 is 11.9 Å². The van der Waals surface area contributed by atoms with E-state index >= 15 is 0 Å². The molecule has 4 aromatic carbocycles. The van der Waals surface area contributed by atoms with Crippen LogP contribution in [0.4, 0.5) is 0 Å². The van der Waals surface area contributed by atoms with Crippen LogP contribution >= 0.6 is 0 Å². The van der Waals surface area contributed by atoms with E-state index in [2.05, 4.69) is 36.4 Å². The van der Waals surface area contributed by atoms with E-state index in [1.54, 1.807) is 18.2 Å². The first-order chi connectivity index (χ1) is 26.2. The summed E-state index contributed by atoms with van der Waals surface area (Å²) < 4.78 is 19.8. The molecule has 8 heteroatoms. The molecule has 0 radical (unpaired) electrons. The van der Waals surface area contributed by atoms with Crippen molar-refractivity contribution in [2.45, 2.75) is 19.0 Å². The Morgan fingerprint density at radius 2 is 1.02 bits per heavy atom. The molecule has 276 valence electrons. The molecule has 0 bridgehead atoms. The van der Waals surface area contributed by atoms with Gasteiger partial charge in [0.25, 0.3) is 0 Å². The molecular weight excluding hydrogens is 680 g/mol. The molecule has 0 saturated heterocycles. The second-order valence-electron chi connectivity index (χ2n) is 12.5. The first-order valence-corrected chi connectivity index (χ1v) is 17.4. The number of aliphatic hydroxyl groups is 2. The molecule has 0 aromatic heterocycles. The SMILES string of the molecule is COC(=O)C1=CCC(/C=C/c2cc(/C=C/c3ccc(C(O)OC)cc3)c(/C=C/c3ccc(C(O)OC)cc3)cc2/C=C/c2ccc(C(=O)OC)cc2)C=C1. The maximum absolute atomic E-state index is 12.0. The third-order valence-electron chi connectivity index (χ3n) is 8.95. The Hall–Kier alpha value is -5.90. The summed E-state index contributed by atoms with van der Waals surface area (Å²) in [5.74, 6) is -0.662. The number of methoxy groups -OCH3 is 4. The van der Waals surface area contributed by atoms with Crippen LogP contribution in [-0.2, 0) is 23.7 Å². The second-order valence-corrected chi connectivity index (χ2v) is 12.5. The van der Waals surface area contributed by atoms with E-state index in [9.17, 15) is 19.8 Å². The van der Waals surface area contributed by atoms with Crippen molar-refractivity contribution in [1.82, 2.24) is 0 Å². The zero-order valence-electron chi connectivity index (χ0n) is 30.7. The molecule has 1 aliphatic carbocycles. The number of hydrogen-bond acceptors (Lipinski definition) is 8. The highest BCUT2D eigenvalue weighted by molar-refractivity contribution is 5.92. The molecule has 0 fully saturated rings. The lowest BCUT2D eigenvalue weighted by Gasteiger charge is -2.13. The van der Waals surface area contributed by atoms with Crippen molar-refractivity contribution in [3.63, 3.8) is 0 Å². The van der Waals surface area contributed by atoms with Crippen molar-refractivity contribution >= 4 is 54.5 Å². The molecule has 4 aromatic rings. The number of benzene rings is 4. The first-order valence-electron chi connectivity index (χ1n) is 17.4. The summed E-state index contributed by atoms with van der Waals surface area (Å²) in [6.07, 6.45) is 20.8. The summed E-state index contributed by atoms with van der Waals surface area (Å²) in [6.45, 7) is 0. The molecule has 0 aliphatic heterocycles. The van der Waals surface area contributed by atoms with E-state index in [1.807, 2.05) is 97.1 Å². The number of carbonyl (C=O) groups excluding carboxylic acids is 2. The van der Waals surface area contributed by atoms with Gasteiger partial charge in [0, 0.05) is 25.3 Å². The van der Waals surface area contributed by atoms with Crippen molar-refractivity contribution in [3.05, 3.63) is 170 Å². The van der Waals surface area contributed by atoms with Crippen LogP contribution in [0.2, 0.25) is 0 Å². The number of aliphatic hydroxyl groups excluding tert-OH is 2. The van der Waals surface area contributed by atoms with E-state index in [4.69, 9.17) is 18.9 Å². The van der Waals surface area contributed by atoms with Crippen LogP contribution in [0.1, 0.15) is 79.4 Å². The van der Waals surface area contributed by atoms with Gasteiger partial charge in [0.2, 0.25) is 0 Å². The number of esters is 2. The average molecular weight is 725 g/mol. The smallest absolute Gasteiger partial charge is 0.337 e. The maximum atomic E-state index is 12.0. The molecule has 8 nitrogen and oxygen atoms in total. The third kappa shape index (κ3) is 10.6. The highest BCUT2D eigenvalue weighted by Gasteiger charge is 2.13. The van der Waals surface area contributed by atoms with Crippen LogP contribution in [0, 0.1) is 5.92 Å². The fraction of sp³-hybridized carbons (Fsp3) is 0.174. The Morgan fingerprint density at radius 1 is 0.593 bits per heavy atom. The predicted octanol–water partition coefficient (Wildman–Crippen LogP) is 8.95. The highest BCUT2D eigenvalue weighted by atomic mass is 16.6. The largest absolute Gasteiger partial charge is 0.465 e. The van der Waals surface area contributed by atoms with Gasteiger partial charge in [0.15, 0.2) is 12.6 Å². The summed E-state index contributed by atoms with van der Waals surface area (Å²) >= 11 is 0. The fourth-order valence-electron chi connectivity index (χ4n) is 5.74. The van der Waals surface area contributed by atoms with Crippen molar-refractivity contribution in [1.29, 1.82) is 0 Å². The zero-order chi connectivity index (χ0) is 38.5. The van der Waals surface area contributed by atoms with Crippen LogP contribution in [-0.4, -0.2) is 50.6 Å². The number of allylic oxidation sites excluding steroid dienone is 3. The van der Waals surface area contributed by atoms with E-state index in [1.165, 1.54) is 28.4 Å². The highest BCUT2D eigenvalue weighted by Crippen LogP contribution is 2.28. The van der Waals surface area contributed by atoms with Gasteiger partial charge in [-0.15, -0.1) is 0 Å². The Morgan fingerprint density at radius 3 is 1.41 bits per heavy atom. The lowest BCUT2D eigenvalue weighted by atomic mass is 9.92. The van der Waals surface area contributed by atoms with Gasteiger partial charge in [-0.05, 0) is 75.5 Å². The minimum absolute atomic E-state index is 0.0835.